The molecule has 9 nitrogen and oxygen atoms in total. The van der Waals surface area contributed by atoms with E-state index in [1.165, 1.54) is 27.8 Å². The second kappa shape index (κ2) is 8.25. The van der Waals surface area contributed by atoms with Gasteiger partial charge >= 0.3 is 0 Å². The van der Waals surface area contributed by atoms with Gasteiger partial charge in [0.1, 0.15) is 29.8 Å². The van der Waals surface area contributed by atoms with Crippen molar-refractivity contribution in [1.82, 2.24) is 19.3 Å². The van der Waals surface area contributed by atoms with Crippen LogP contribution in [0.5, 0.6) is 5.75 Å². The van der Waals surface area contributed by atoms with Crippen LogP contribution in [0.1, 0.15) is 0 Å². The summed E-state index contributed by atoms with van der Waals surface area (Å²) in [5, 5.41) is 16.3. The third-order valence-corrected chi connectivity index (χ3v) is 5.20. The normalized spacial score (nSPS) is 11.0. The van der Waals surface area contributed by atoms with Gasteiger partial charge in [-0.25, -0.2) is 9.67 Å². The molecule has 0 aliphatic rings. The molecule has 0 bridgehead atoms. The summed E-state index contributed by atoms with van der Waals surface area (Å²) in [5.74, 6) is 0.602. The largest absolute Gasteiger partial charge is 0.491 e. The van der Waals surface area contributed by atoms with E-state index in [0.29, 0.717) is 15.2 Å². The van der Waals surface area contributed by atoms with Crippen molar-refractivity contribution in [3.8, 4) is 11.4 Å². The molecule has 30 heavy (non-hydrogen) atoms. The predicted octanol–water partition coefficient (Wildman–Crippen LogP) is 3.99. The topological polar surface area (TPSA) is 105 Å². The van der Waals surface area contributed by atoms with Gasteiger partial charge in [0.05, 0.1) is 22.1 Å². The van der Waals surface area contributed by atoms with Gasteiger partial charge in [-0.3, -0.25) is 19.5 Å². The summed E-state index contributed by atoms with van der Waals surface area (Å²) in [7, 11) is 0. The molecule has 0 aliphatic carbocycles. The standard InChI is InChI=1S/C19H13BrClN5O4/c20-14-9-12(21)5-6-17(14)30-8-7-24-11-22-18-13(19(24)27)10-23-25(18)15-3-1-2-4-16(15)26(28)29/h1-6,9-11H,7-8H2. The summed E-state index contributed by atoms with van der Waals surface area (Å²) >= 11 is 9.28. The highest BCUT2D eigenvalue weighted by Crippen LogP contribution is 2.28. The van der Waals surface area contributed by atoms with E-state index in [-0.39, 0.29) is 41.1 Å². The lowest BCUT2D eigenvalue weighted by molar-refractivity contribution is -0.384. The smallest absolute Gasteiger partial charge is 0.294 e. The predicted molar refractivity (Wildman–Crippen MR) is 114 cm³/mol. The molecule has 2 aromatic heterocycles. The first kappa shape index (κ1) is 20.0. The summed E-state index contributed by atoms with van der Waals surface area (Å²) in [6.07, 6.45) is 2.73. The van der Waals surface area contributed by atoms with E-state index in [1.54, 1.807) is 36.4 Å². The Hall–Kier alpha value is -3.24. The molecule has 0 atom stereocenters. The minimum Gasteiger partial charge on any atom is -0.491 e. The van der Waals surface area contributed by atoms with E-state index >= 15 is 0 Å². The van der Waals surface area contributed by atoms with Crippen molar-refractivity contribution in [1.29, 1.82) is 0 Å². The maximum Gasteiger partial charge on any atom is 0.294 e. The highest BCUT2D eigenvalue weighted by Gasteiger charge is 2.19. The Balaban J connectivity index is 1.60. The monoisotopic (exact) mass is 489 g/mol. The first-order valence-corrected chi connectivity index (χ1v) is 9.87. The Labute approximate surface area is 182 Å². The number of rotatable bonds is 6. The molecule has 0 saturated heterocycles. The second-order valence-electron chi connectivity index (χ2n) is 6.21. The Kier molecular flexibility index (Phi) is 5.51. The van der Waals surface area contributed by atoms with Crippen LogP contribution >= 0.6 is 27.5 Å². The van der Waals surface area contributed by atoms with Crippen molar-refractivity contribution in [3.05, 3.63) is 85.0 Å². The summed E-state index contributed by atoms with van der Waals surface area (Å²) in [6, 6.07) is 11.3. The van der Waals surface area contributed by atoms with Crippen molar-refractivity contribution < 1.29 is 9.66 Å². The maximum atomic E-state index is 12.8. The van der Waals surface area contributed by atoms with Gasteiger partial charge in [-0.15, -0.1) is 0 Å². The molecule has 152 valence electrons. The van der Waals surface area contributed by atoms with E-state index in [1.807, 2.05) is 0 Å². The zero-order valence-corrected chi connectivity index (χ0v) is 17.6. The van der Waals surface area contributed by atoms with Gasteiger partial charge in [-0.2, -0.15) is 5.10 Å². The summed E-state index contributed by atoms with van der Waals surface area (Å²) < 4.78 is 9.09. The Bertz CT molecular complexity index is 1320. The molecule has 2 heterocycles. The van der Waals surface area contributed by atoms with Crippen molar-refractivity contribution in [3.63, 3.8) is 0 Å². The van der Waals surface area contributed by atoms with Gasteiger partial charge in [0.15, 0.2) is 5.65 Å². The fraction of sp³-hybridized carbons (Fsp3) is 0.105. The van der Waals surface area contributed by atoms with Crippen LogP contribution in [0.15, 0.2) is 64.3 Å². The molecule has 0 fully saturated rings. The van der Waals surface area contributed by atoms with Crippen LogP contribution in [0, 0.1) is 10.1 Å². The van der Waals surface area contributed by atoms with Gasteiger partial charge in [0.2, 0.25) is 0 Å². The molecule has 0 radical (unpaired) electrons. The van der Waals surface area contributed by atoms with Crippen LogP contribution in [0.4, 0.5) is 5.69 Å². The Morgan fingerprint density at radius 1 is 1.23 bits per heavy atom. The number of nitrogens with zero attached hydrogens (tertiary/aromatic N) is 5. The lowest BCUT2D eigenvalue weighted by atomic mass is 10.2. The van der Waals surface area contributed by atoms with Gasteiger partial charge in [0.25, 0.3) is 11.2 Å². The highest BCUT2D eigenvalue weighted by molar-refractivity contribution is 9.10. The zero-order chi connectivity index (χ0) is 21.3. The molecule has 2 aromatic carbocycles. The lowest BCUT2D eigenvalue weighted by Gasteiger charge is -2.10. The van der Waals surface area contributed by atoms with Crippen molar-refractivity contribution >= 4 is 44.3 Å². The Morgan fingerprint density at radius 2 is 2.03 bits per heavy atom. The Morgan fingerprint density at radius 3 is 2.80 bits per heavy atom. The first-order valence-electron chi connectivity index (χ1n) is 8.70. The minimum atomic E-state index is -0.504. The quantitative estimate of drug-likeness (QED) is 0.299. The number of fused-ring (bicyclic) bond motifs is 1. The number of nitro groups is 1. The summed E-state index contributed by atoms with van der Waals surface area (Å²) in [4.78, 5) is 27.9. The molecule has 0 spiro atoms. The highest BCUT2D eigenvalue weighted by atomic mass is 79.9. The number of aromatic nitrogens is 4. The van der Waals surface area contributed by atoms with Crippen LogP contribution in [-0.2, 0) is 6.54 Å². The van der Waals surface area contributed by atoms with E-state index < -0.39 is 4.92 Å². The average Bonchev–Trinajstić information content (AvgIpc) is 3.16. The molecule has 0 unspecified atom stereocenters. The lowest BCUT2D eigenvalue weighted by Crippen LogP contribution is -2.23. The molecule has 4 rings (SSSR count). The molecule has 0 aliphatic heterocycles. The van der Waals surface area contributed by atoms with Crippen molar-refractivity contribution in [2.75, 3.05) is 6.61 Å². The van der Waals surface area contributed by atoms with E-state index in [9.17, 15) is 14.9 Å². The first-order chi connectivity index (χ1) is 14.5. The van der Waals surface area contributed by atoms with E-state index in [2.05, 4.69) is 26.0 Å². The zero-order valence-electron chi connectivity index (χ0n) is 15.2. The van der Waals surface area contributed by atoms with Crippen LogP contribution in [0.3, 0.4) is 0 Å². The summed E-state index contributed by atoms with van der Waals surface area (Å²) in [5.41, 5.74) is 0.0315. The number of hydrogen-bond donors (Lipinski definition) is 0. The SMILES string of the molecule is O=c1c2cnn(-c3ccccc3[N+](=O)[O-])c2ncn1CCOc1ccc(Cl)cc1Br. The maximum absolute atomic E-state index is 12.8. The second-order valence-corrected chi connectivity index (χ2v) is 7.50. The number of benzene rings is 2. The van der Waals surface area contributed by atoms with Gasteiger partial charge in [-0.05, 0) is 40.2 Å². The molecule has 11 heteroatoms. The van der Waals surface area contributed by atoms with E-state index in [4.69, 9.17) is 16.3 Å². The molecule has 0 amide bonds. The minimum absolute atomic E-state index is 0.129. The van der Waals surface area contributed by atoms with Gasteiger partial charge in [0, 0.05) is 11.1 Å². The average molecular weight is 491 g/mol. The third-order valence-electron chi connectivity index (χ3n) is 4.34. The molecular formula is C19H13BrClN5O4. The molecular weight excluding hydrogens is 478 g/mol. The van der Waals surface area contributed by atoms with Crippen LogP contribution in [0.25, 0.3) is 16.7 Å². The van der Waals surface area contributed by atoms with E-state index in [0.717, 1.165) is 0 Å². The molecule has 4 aromatic rings. The van der Waals surface area contributed by atoms with Crippen molar-refractivity contribution in [2.45, 2.75) is 6.54 Å². The molecule has 0 saturated carbocycles. The van der Waals surface area contributed by atoms with Crippen LogP contribution < -0.4 is 10.3 Å². The van der Waals surface area contributed by atoms with Crippen LogP contribution in [-0.4, -0.2) is 30.9 Å². The number of halogens is 2. The third kappa shape index (κ3) is 3.79. The fourth-order valence-electron chi connectivity index (χ4n) is 2.93. The molecule has 0 N–H and O–H groups in total. The fourth-order valence-corrected chi connectivity index (χ4v) is 3.73. The number of ether oxygens (including phenoxy) is 1. The number of para-hydroxylation sites is 2. The van der Waals surface area contributed by atoms with Crippen molar-refractivity contribution in [2.24, 2.45) is 0 Å². The van der Waals surface area contributed by atoms with Crippen LogP contribution in [0.2, 0.25) is 5.02 Å². The van der Waals surface area contributed by atoms with Gasteiger partial charge in [-0.1, -0.05) is 23.7 Å². The summed E-state index contributed by atoms with van der Waals surface area (Å²) in [6.45, 7) is 0.485. The number of hydrogen-bond acceptors (Lipinski definition) is 6. The number of nitro benzene ring substituents is 1. The van der Waals surface area contributed by atoms with Gasteiger partial charge < -0.3 is 4.74 Å².